The van der Waals surface area contributed by atoms with Crippen molar-refractivity contribution in [3.8, 4) is 0 Å². The molecule has 0 aromatic rings. The smallest absolute Gasteiger partial charge is 0.303 e. The molecule has 0 aliphatic rings. The molecule has 4 atom stereocenters. The van der Waals surface area contributed by atoms with Crippen molar-refractivity contribution in [3.05, 3.63) is 0 Å². The van der Waals surface area contributed by atoms with Crippen molar-refractivity contribution in [2.75, 3.05) is 13.2 Å². The molecule has 0 saturated heterocycles. The van der Waals surface area contributed by atoms with E-state index in [1.807, 2.05) is 0 Å². The van der Waals surface area contributed by atoms with Crippen LogP contribution in [0.1, 0.15) is 41.5 Å². The average Bonchev–Trinajstić information content (AvgIpc) is 2.57. The predicted molar refractivity (Wildman–Crippen MR) is 95.5 cm³/mol. The second-order valence-electron chi connectivity index (χ2n) is 6.05. The summed E-state index contributed by atoms with van der Waals surface area (Å²) in [5, 5.41) is 0. The quantitative estimate of drug-likeness (QED) is 0.313. The zero-order valence-corrected chi connectivity index (χ0v) is 17.6. The minimum atomic E-state index is -1.57. The van der Waals surface area contributed by atoms with E-state index < -0.39 is 73.4 Å². The molecular formula is C18H26O12. The third-order valence-corrected chi connectivity index (χ3v) is 3.20. The van der Waals surface area contributed by atoms with E-state index in [4.69, 9.17) is 28.4 Å². The first-order valence-corrected chi connectivity index (χ1v) is 8.79. The number of carbonyl (C=O) groups is 6. The van der Waals surface area contributed by atoms with Gasteiger partial charge in [0, 0.05) is 41.5 Å². The van der Waals surface area contributed by atoms with Gasteiger partial charge in [0.25, 0.3) is 0 Å². The van der Waals surface area contributed by atoms with Gasteiger partial charge in [-0.3, -0.25) is 28.8 Å². The number of hydrogen-bond donors (Lipinski definition) is 0. The third kappa shape index (κ3) is 11.6. The third-order valence-electron chi connectivity index (χ3n) is 3.20. The summed E-state index contributed by atoms with van der Waals surface area (Å²) in [5.41, 5.74) is 0. The van der Waals surface area contributed by atoms with Gasteiger partial charge in [-0.05, 0) is 0 Å². The van der Waals surface area contributed by atoms with Gasteiger partial charge in [0.2, 0.25) is 0 Å². The fraction of sp³-hybridized carbons (Fsp3) is 0.667. The van der Waals surface area contributed by atoms with E-state index in [0.29, 0.717) is 0 Å². The van der Waals surface area contributed by atoms with Crippen LogP contribution in [0, 0.1) is 0 Å². The molecule has 0 radical (unpaired) electrons. The van der Waals surface area contributed by atoms with E-state index in [2.05, 4.69) is 0 Å². The Morgan fingerprint density at radius 2 is 0.733 bits per heavy atom. The SMILES string of the molecule is CC(=O)OCC(OC(C)=O)C(OC(C)=O)C(OC(C)=O)C(COC(C)=O)OC(C)=O. The Morgan fingerprint density at radius 3 is 0.933 bits per heavy atom. The first-order valence-electron chi connectivity index (χ1n) is 8.79. The Morgan fingerprint density at radius 1 is 0.467 bits per heavy atom. The molecule has 0 aliphatic heterocycles. The van der Waals surface area contributed by atoms with Gasteiger partial charge in [0.05, 0.1) is 0 Å². The van der Waals surface area contributed by atoms with Gasteiger partial charge in [-0.2, -0.15) is 0 Å². The van der Waals surface area contributed by atoms with Gasteiger partial charge in [-0.1, -0.05) is 0 Å². The first-order chi connectivity index (χ1) is 13.8. The van der Waals surface area contributed by atoms with Crippen LogP contribution in [0.25, 0.3) is 0 Å². The molecule has 0 aromatic carbocycles. The number of ether oxygens (including phenoxy) is 6. The number of esters is 6. The zero-order valence-electron chi connectivity index (χ0n) is 17.6. The maximum Gasteiger partial charge on any atom is 0.303 e. The van der Waals surface area contributed by atoms with Crippen molar-refractivity contribution in [1.82, 2.24) is 0 Å². The largest absolute Gasteiger partial charge is 0.462 e. The van der Waals surface area contributed by atoms with Crippen LogP contribution >= 0.6 is 0 Å². The summed E-state index contributed by atoms with van der Waals surface area (Å²) in [6.07, 6.45) is -6.02. The van der Waals surface area contributed by atoms with E-state index in [0.717, 1.165) is 41.5 Å². The van der Waals surface area contributed by atoms with E-state index >= 15 is 0 Å². The van der Waals surface area contributed by atoms with Crippen molar-refractivity contribution in [2.24, 2.45) is 0 Å². The number of carbonyl (C=O) groups excluding carboxylic acids is 6. The van der Waals surface area contributed by atoms with Crippen molar-refractivity contribution in [3.63, 3.8) is 0 Å². The Labute approximate surface area is 173 Å². The van der Waals surface area contributed by atoms with E-state index in [1.165, 1.54) is 0 Å². The van der Waals surface area contributed by atoms with Crippen LogP contribution in [0.15, 0.2) is 0 Å². The summed E-state index contributed by atoms with van der Waals surface area (Å²) in [5.74, 6) is -4.84. The summed E-state index contributed by atoms with van der Waals surface area (Å²) in [6.45, 7) is 5.22. The normalized spacial score (nSPS) is 14.2. The van der Waals surface area contributed by atoms with Crippen LogP contribution in [0.4, 0.5) is 0 Å². The molecule has 12 nitrogen and oxygen atoms in total. The highest BCUT2D eigenvalue weighted by Gasteiger charge is 2.44. The molecule has 0 saturated carbocycles. The van der Waals surface area contributed by atoms with Gasteiger partial charge >= 0.3 is 35.8 Å². The van der Waals surface area contributed by atoms with Crippen LogP contribution in [0.5, 0.6) is 0 Å². The lowest BCUT2D eigenvalue weighted by molar-refractivity contribution is -0.206. The molecule has 12 heteroatoms. The Kier molecular flexibility index (Phi) is 11.7. The molecule has 0 amide bonds. The summed E-state index contributed by atoms with van der Waals surface area (Å²) in [4.78, 5) is 68.8. The van der Waals surface area contributed by atoms with Crippen molar-refractivity contribution >= 4 is 35.8 Å². The number of rotatable bonds is 11. The fourth-order valence-electron chi connectivity index (χ4n) is 2.31. The van der Waals surface area contributed by atoms with Gasteiger partial charge in [-0.25, -0.2) is 0 Å². The van der Waals surface area contributed by atoms with E-state index in [-0.39, 0.29) is 0 Å². The molecule has 0 bridgehead atoms. The summed E-state index contributed by atoms with van der Waals surface area (Å²) in [7, 11) is 0. The van der Waals surface area contributed by atoms with Crippen LogP contribution in [0.2, 0.25) is 0 Å². The van der Waals surface area contributed by atoms with Gasteiger partial charge < -0.3 is 28.4 Å². The monoisotopic (exact) mass is 434 g/mol. The fourth-order valence-corrected chi connectivity index (χ4v) is 2.31. The average molecular weight is 434 g/mol. The highest BCUT2D eigenvalue weighted by molar-refractivity contribution is 5.69. The minimum absolute atomic E-state index is 0.565. The lowest BCUT2D eigenvalue weighted by Crippen LogP contribution is -2.54. The second kappa shape index (κ2) is 13.1. The van der Waals surface area contributed by atoms with Crippen molar-refractivity contribution in [1.29, 1.82) is 0 Å². The number of hydrogen-bond acceptors (Lipinski definition) is 12. The topological polar surface area (TPSA) is 158 Å². The van der Waals surface area contributed by atoms with E-state index in [1.54, 1.807) is 0 Å². The molecule has 0 N–H and O–H groups in total. The molecule has 0 aromatic heterocycles. The highest BCUT2D eigenvalue weighted by Crippen LogP contribution is 2.20. The van der Waals surface area contributed by atoms with Crippen LogP contribution in [-0.2, 0) is 57.2 Å². The van der Waals surface area contributed by atoms with Crippen molar-refractivity contribution < 1.29 is 57.2 Å². The molecule has 170 valence electrons. The summed E-state index contributed by atoms with van der Waals surface area (Å²) >= 11 is 0. The Bertz CT molecular complexity index is 600. The van der Waals surface area contributed by atoms with Gasteiger partial charge in [0.1, 0.15) is 13.2 Å². The molecule has 0 rings (SSSR count). The van der Waals surface area contributed by atoms with Crippen LogP contribution in [0.3, 0.4) is 0 Å². The first kappa shape index (κ1) is 26.8. The van der Waals surface area contributed by atoms with Crippen molar-refractivity contribution in [2.45, 2.75) is 66.0 Å². The molecule has 0 spiro atoms. The molecule has 30 heavy (non-hydrogen) atoms. The molecule has 4 unspecified atom stereocenters. The molecule has 0 heterocycles. The predicted octanol–water partition coefficient (Wildman–Crippen LogP) is -0.161. The lowest BCUT2D eigenvalue weighted by Gasteiger charge is -2.35. The van der Waals surface area contributed by atoms with Crippen LogP contribution in [-0.4, -0.2) is 73.4 Å². The molecule has 0 aliphatic carbocycles. The standard InChI is InChI=1S/C18H26O12/c1-9(19)25-7-15(27-11(3)21)17(29-13(5)23)18(30-14(6)24)16(28-12(4)22)8-26-10(2)20/h15-18H,7-8H2,1-6H3. The Balaban J connectivity index is 6.19. The highest BCUT2D eigenvalue weighted by atomic mass is 16.6. The van der Waals surface area contributed by atoms with E-state index in [9.17, 15) is 28.8 Å². The molecular weight excluding hydrogens is 408 g/mol. The molecule has 0 fully saturated rings. The minimum Gasteiger partial charge on any atom is -0.462 e. The van der Waals surface area contributed by atoms with Crippen LogP contribution < -0.4 is 0 Å². The summed E-state index contributed by atoms with van der Waals surface area (Å²) in [6, 6.07) is 0. The lowest BCUT2D eigenvalue weighted by atomic mass is 10.0. The van der Waals surface area contributed by atoms with Gasteiger partial charge in [0.15, 0.2) is 24.4 Å². The maximum atomic E-state index is 11.7. The maximum absolute atomic E-state index is 11.7. The van der Waals surface area contributed by atoms with Gasteiger partial charge in [-0.15, -0.1) is 0 Å². The second-order valence-corrected chi connectivity index (χ2v) is 6.05. The zero-order chi connectivity index (χ0) is 23.4. The summed E-state index contributed by atoms with van der Waals surface area (Å²) < 4.78 is 30.2. The Hall–Kier alpha value is -3.18.